The van der Waals surface area contributed by atoms with Crippen LogP contribution in [0.3, 0.4) is 0 Å². The SMILES string of the molecule is CNCCc1cn2c3ccc(OC)cc3nc2n1C. The Morgan fingerprint density at radius 2 is 2.21 bits per heavy atom. The molecule has 0 aliphatic rings. The van der Waals surface area contributed by atoms with E-state index in [1.807, 2.05) is 19.2 Å². The van der Waals surface area contributed by atoms with Crippen LogP contribution in [-0.4, -0.2) is 34.7 Å². The molecule has 0 aliphatic carbocycles. The Balaban J connectivity index is 2.15. The number of rotatable bonds is 4. The Morgan fingerprint density at radius 1 is 1.37 bits per heavy atom. The van der Waals surface area contributed by atoms with Crippen LogP contribution in [0.25, 0.3) is 16.8 Å². The van der Waals surface area contributed by atoms with E-state index in [-0.39, 0.29) is 0 Å². The topological polar surface area (TPSA) is 43.5 Å². The summed E-state index contributed by atoms with van der Waals surface area (Å²) in [6, 6.07) is 5.99. The first-order valence-electron chi connectivity index (χ1n) is 6.39. The first kappa shape index (κ1) is 12.0. The Kier molecular flexibility index (Phi) is 2.91. The fourth-order valence-electron chi connectivity index (χ4n) is 2.41. The van der Waals surface area contributed by atoms with Crippen molar-refractivity contribution in [2.75, 3.05) is 20.7 Å². The molecule has 19 heavy (non-hydrogen) atoms. The second-order valence-corrected chi connectivity index (χ2v) is 4.67. The number of hydrogen-bond donors (Lipinski definition) is 1. The van der Waals surface area contributed by atoms with Gasteiger partial charge in [0, 0.05) is 38.0 Å². The molecule has 0 unspecified atom stereocenters. The summed E-state index contributed by atoms with van der Waals surface area (Å²) in [5.74, 6) is 1.81. The van der Waals surface area contributed by atoms with Gasteiger partial charge in [0.2, 0.25) is 5.78 Å². The Hall–Kier alpha value is -2.01. The van der Waals surface area contributed by atoms with Gasteiger partial charge in [0.1, 0.15) is 5.75 Å². The van der Waals surface area contributed by atoms with Gasteiger partial charge in [-0.05, 0) is 19.2 Å². The molecule has 0 saturated carbocycles. The van der Waals surface area contributed by atoms with Crippen LogP contribution in [0.1, 0.15) is 5.69 Å². The van der Waals surface area contributed by atoms with Crippen LogP contribution >= 0.6 is 0 Å². The van der Waals surface area contributed by atoms with Gasteiger partial charge in [-0.2, -0.15) is 0 Å². The van der Waals surface area contributed by atoms with E-state index < -0.39 is 0 Å². The molecule has 0 amide bonds. The minimum Gasteiger partial charge on any atom is -0.497 e. The minimum absolute atomic E-state index is 0.839. The summed E-state index contributed by atoms with van der Waals surface area (Å²) >= 11 is 0. The lowest BCUT2D eigenvalue weighted by atomic mass is 10.3. The molecule has 0 fully saturated rings. The third-order valence-corrected chi connectivity index (χ3v) is 3.52. The lowest BCUT2D eigenvalue weighted by molar-refractivity contribution is 0.415. The molecule has 2 heterocycles. The van der Waals surface area contributed by atoms with Gasteiger partial charge in [-0.15, -0.1) is 0 Å². The van der Waals surface area contributed by atoms with Gasteiger partial charge in [0.25, 0.3) is 0 Å². The van der Waals surface area contributed by atoms with Gasteiger partial charge >= 0.3 is 0 Å². The van der Waals surface area contributed by atoms with Crippen LogP contribution in [0.4, 0.5) is 0 Å². The van der Waals surface area contributed by atoms with Crippen molar-refractivity contribution in [3.05, 3.63) is 30.1 Å². The maximum atomic E-state index is 5.24. The van der Waals surface area contributed by atoms with Gasteiger partial charge < -0.3 is 14.6 Å². The Bertz CT molecular complexity index is 726. The van der Waals surface area contributed by atoms with E-state index in [2.05, 4.69) is 38.6 Å². The maximum absolute atomic E-state index is 5.24. The molecular formula is C14H18N4O. The smallest absolute Gasteiger partial charge is 0.214 e. The van der Waals surface area contributed by atoms with Crippen LogP contribution in [0, 0.1) is 0 Å². The van der Waals surface area contributed by atoms with Gasteiger partial charge in [-0.25, -0.2) is 4.98 Å². The predicted molar refractivity (Wildman–Crippen MR) is 75.9 cm³/mol. The molecule has 1 aromatic carbocycles. The molecule has 2 aromatic heterocycles. The summed E-state index contributed by atoms with van der Waals surface area (Å²) < 4.78 is 9.52. The number of nitrogens with zero attached hydrogens (tertiary/aromatic N) is 3. The second kappa shape index (κ2) is 4.59. The van der Waals surface area contributed by atoms with Crippen LogP contribution < -0.4 is 10.1 Å². The summed E-state index contributed by atoms with van der Waals surface area (Å²) in [4.78, 5) is 4.68. The van der Waals surface area contributed by atoms with Crippen molar-refractivity contribution in [3.8, 4) is 5.75 Å². The molecule has 3 aromatic rings. The fraction of sp³-hybridized carbons (Fsp3) is 0.357. The summed E-state index contributed by atoms with van der Waals surface area (Å²) in [5.41, 5.74) is 3.35. The lowest BCUT2D eigenvalue weighted by Crippen LogP contribution is -2.12. The monoisotopic (exact) mass is 258 g/mol. The second-order valence-electron chi connectivity index (χ2n) is 4.67. The van der Waals surface area contributed by atoms with E-state index in [0.29, 0.717) is 0 Å². The highest BCUT2D eigenvalue weighted by molar-refractivity contribution is 5.81. The zero-order valence-corrected chi connectivity index (χ0v) is 11.5. The molecule has 0 bridgehead atoms. The van der Waals surface area contributed by atoms with Gasteiger partial charge in [-0.3, -0.25) is 4.40 Å². The number of nitrogens with one attached hydrogen (secondary N) is 1. The van der Waals surface area contributed by atoms with Crippen LogP contribution in [0.15, 0.2) is 24.4 Å². The average molecular weight is 258 g/mol. The number of hydrogen-bond acceptors (Lipinski definition) is 3. The third kappa shape index (κ3) is 1.86. The number of aromatic nitrogens is 3. The molecular weight excluding hydrogens is 240 g/mol. The normalized spacial score (nSPS) is 11.5. The molecule has 0 radical (unpaired) electrons. The fourth-order valence-corrected chi connectivity index (χ4v) is 2.41. The highest BCUT2D eigenvalue weighted by atomic mass is 16.5. The molecule has 1 N–H and O–H groups in total. The summed E-state index contributed by atoms with van der Waals surface area (Å²) in [5, 5.41) is 3.17. The van der Waals surface area contributed by atoms with Crippen molar-refractivity contribution >= 4 is 16.8 Å². The van der Waals surface area contributed by atoms with Crippen LogP contribution in [-0.2, 0) is 13.5 Å². The Morgan fingerprint density at radius 3 is 2.95 bits per heavy atom. The van der Waals surface area contributed by atoms with Crippen LogP contribution in [0.5, 0.6) is 5.75 Å². The molecule has 0 aliphatic heterocycles. The van der Waals surface area contributed by atoms with Crippen molar-refractivity contribution in [2.45, 2.75) is 6.42 Å². The number of ether oxygens (including phenoxy) is 1. The summed E-state index contributed by atoms with van der Waals surface area (Å²) in [7, 11) is 5.70. The van der Waals surface area contributed by atoms with Gasteiger partial charge in [-0.1, -0.05) is 0 Å². The molecule has 0 spiro atoms. The quantitative estimate of drug-likeness (QED) is 0.773. The third-order valence-electron chi connectivity index (χ3n) is 3.52. The lowest BCUT2D eigenvalue weighted by Gasteiger charge is -2.01. The first-order valence-corrected chi connectivity index (χ1v) is 6.39. The standard InChI is InChI=1S/C14H18N4O/c1-15-7-6-10-9-18-13-5-4-11(19-3)8-12(13)16-14(18)17(10)2/h4-5,8-9,15H,6-7H2,1-3H3. The van der Waals surface area contributed by atoms with E-state index >= 15 is 0 Å². The molecule has 0 saturated heterocycles. The molecule has 0 atom stereocenters. The van der Waals surface area contributed by atoms with Crippen molar-refractivity contribution in [1.29, 1.82) is 0 Å². The van der Waals surface area contributed by atoms with E-state index in [1.54, 1.807) is 7.11 Å². The first-order chi connectivity index (χ1) is 9.24. The van der Waals surface area contributed by atoms with Gasteiger partial charge in [0.15, 0.2) is 0 Å². The van der Waals surface area contributed by atoms with Crippen molar-refractivity contribution in [2.24, 2.45) is 7.05 Å². The highest BCUT2D eigenvalue weighted by Crippen LogP contribution is 2.23. The molecule has 5 nitrogen and oxygen atoms in total. The number of aryl methyl sites for hydroxylation is 1. The number of fused-ring (bicyclic) bond motifs is 3. The Labute approximate surface area is 111 Å². The summed E-state index contributed by atoms with van der Waals surface area (Å²) in [6.07, 6.45) is 3.16. The van der Waals surface area contributed by atoms with Crippen molar-refractivity contribution in [1.82, 2.24) is 19.3 Å². The van der Waals surface area contributed by atoms with Gasteiger partial charge in [0.05, 0.1) is 18.1 Å². The number of methoxy groups -OCH3 is 1. The summed E-state index contributed by atoms with van der Waals surface area (Å²) in [6.45, 7) is 0.965. The van der Waals surface area contributed by atoms with Crippen LogP contribution in [0.2, 0.25) is 0 Å². The molecule has 100 valence electrons. The zero-order chi connectivity index (χ0) is 13.4. The van der Waals surface area contributed by atoms with E-state index in [1.165, 1.54) is 5.69 Å². The van der Waals surface area contributed by atoms with E-state index in [9.17, 15) is 0 Å². The average Bonchev–Trinajstić information content (AvgIpc) is 2.93. The largest absolute Gasteiger partial charge is 0.497 e. The number of benzene rings is 1. The molecule has 3 rings (SSSR count). The zero-order valence-electron chi connectivity index (χ0n) is 11.5. The number of likely N-dealkylation sites (N-methyl/N-ethyl adjacent to an activating group) is 1. The minimum atomic E-state index is 0.839. The molecule has 5 heteroatoms. The maximum Gasteiger partial charge on any atom is 0.214 e. The highest BCUT2D eigenvalue weighted by Gasteiger charge is 2.11. The van der Waals surface area contributed by atoms with Crippen molar-refractivity contribution in [3.63, 3.8) is 0 Å². The van der Waals surface area contributed by atoms with Crippen molar-refractivity contribution < 1.29 is 4.74 Å². The van der Waals surface area contributed by atoms with E-state index in [4.69, 9.17) is 4.74 Å². The predicted octanol–water partition coefficient (Wildman–Crippen LogP) is 1.60. The van der Waals surface area contributed by atoms with E-state index in [0.717, 1.165) is 35.5 Å². The number of imidazole rings is 2.